The molecule has 0 fully saturated rings. The van der Waals surface area contributed by atoms with Crippen molar-refractivity contribution in [1.82, 2.24) is 0 Å². The summed E-state index contributed by atoms with van der Waals surface area (Å²) in [5.41, 5.74) is 6.88. The third-order valence-corrected chi connectivity index (χ3v) is 2.86. The molecule has 0 heterocycles. The quantitative estimate of drug-likeness (QED) is 0.260. The zero-order chi connectivity index (χ0) is 16.1. The third-order valence-electron chi connectivity index (χ3n) is 2.86. The minimum Gasteiger partial charge on any atom is -0.481 e. The second-order valence-electron chi connectivity index (χ2n) is 4.59. The van der Waals surface area contributed by atoms with Crippen molar-refractivity contribution in [1.29, 1.82) is 0 Å². The molecule has 0 saturated heterocycles. The van der Waals surface area contributed by atoms with Crippen molar-refractivity contribution in [3.8, 4) is 0 Å². The second kappa shape index (κ2) is 7.93. The van der Waals surface area contributed by atoms with Gasteiger partial charge in [0.1, 0.15) is 0 Å². The maximum atomic E-state index is 10.8. The number of carboxylic acids is 4. The number of rotatable bonds is 9. The van der Waals surface area contributed by atoms with E-state index in [0.29, 0.717) is 0 Å². The van der Waals surface area contributed by atoms with Crippen molar-refractivity contribution >= 4 is 23.9 Å². The Labute approximate surface area is 129 Å². The van der Waals surface area contributed by atoms with Crippen LogP contribution in [0, 0.1) is 0 Å². The molecular formula is C10H16FeN2O8+3. The van der Waals surface area contributed by atoms with Crippen molar-refractivity contribution in [2.45, 2.75) is 36.8 Å². The van der Waals surface area contributed by atoms with Gasteiger partial charge in [0, 0.05) is 0 Å². The molecule has 0 aliphatic carbocycles. The maximum absolute atomic E-state index is 10.8. The van der Waals surface area contributed by atoms with Crippen LogP contribution in [0.3, 0.4) is 0 Å². The Morgan fingerprint density at radius 2 is 0.762 bits per heavy atom. The summed E-state index contributed by atoms with van der Waals surface area (Å²) < 4.78 is 0. The normalized spacial score (nSPS) is 11.3. The molecule has 0 aromatic heterocycles. The van der Waals surface area contributed by atoms with E-state index in [0.717, 1.165) is 0 Å². The number of carbonyl (C=O) groups is 4. The Kier molecular flexibility index (Phi) is 8.17. The zero-order valence-corrected chi connectivity index (χ0v) is 11.9. The van der Waals surface area contributed by atoms with Crippen LogP contribution < -0.4 is 11.5 Å². The van der Waals surface area contributed by atoms with Gasteiger partial charge in [-0.05, 0) is 0 Å². The van der Waals surface area contributed by atoms with E-state index in [4.69, 9.17) is 31.9 Å². The van der Waals surface area contributed by atoms with Crippen LogP contribution in [-0.2, 0) is 36.2 Å². The van der Waals surface area contributed by atoms with Gasteiger partial charge < -0.3 is 31.9 Å². The van der Waals surface area contributed by atoms with E-state index < -0.39 is 60.6 Å². The van der Waals surface area contributed by atoms with Crippen LogP contribution in [0.2, 0.25) is 0 Å². The van der Waals surface area contributed by atoms with Gasteiger partial charge in [0.25, 0.3) is 0 Å². The van der Waals surface area contributed by atoms with E-state index in [2.05, 4.69) is 0 Å². The second-order valence-corrected chi connectivity index (χ2v) is 4.59. The Bertz CT molecular complexity index is 367. The summed E-state index contributed by atoms with van der Waals surface area (Å²) >= 11 is 0. The third kappa shape index (κ3) is 6.54. The first-order chi connectivity index (χ1) is 8.92. The van der Waals surface area contributed by atoms with Crippen LogP contribution in [-0.4, -0.2) is 55.4 Å². The molecule has 0 aromatic rings. The minimum absolute atomic E-state index is 0. The predicted molar refractivity (Wildman–Crippen MR) is 62.8 cm³/mol. The van der Waals surface area contributed by atoms with E-state index in [9.17, 15) is 19.2 Å². The van der Waals surface area contributed by atoms with Gasteiger partial charge in [0.2, 0.25) is 0 Å². The molecule has 0 unspecified atom stereocenters. The fraction of sp³-hybridized carbons (Fsp3) is 0.600. The summed E-state index contributed by atoms with van der Waals surface area (Å²) in [5, 5.41) is 35.1. The molecular weight excluding hydrogens is 332 g/mol. The van der Waals surface area contributed by atoms with E-state index in [1.165, 1.54) is 0 Å². The van der Waals surface area contributed by atoms with Crippen LogP contribution in [0.1, 0.15) is 25.7 Å². The van der Waals surface area contributed by atoms with Crippen molar-refractivity contribution in [2.24, 2.45) is 11.5 Å². The average molecular weight is 348 g/mol. The molecule has 10 nitrogen and oxygen atoms in total. The van der Waals surface area contributed by atoms with E-state index in [-0.39, 0.29) is 17.1 Å². The summed E-state index contributed by atoms with van der Waals surface area (Å²) in [4.78, 5) is 43.2. The molecule has 0 atom stereocenters. The first-order valence-electron chi connectivity index (χ1n) is 5.37. The van der Waals surface area contributed by atoms with Gasteiger partial charge >= 0.3 is 40.9 Å². The molecule has 11 heteroatoms. The Balaban J connectivity index is 0. The van der Waals surface area contributed by atoms with Crippen LogP contribution in [0.5, 0.6) is 0 Å². The molecule has 21 heavy (non-hydrogen) atoms. The monoisotopic (exact) mass is 348 g/mol. The number of hydrogen-bond acceptors (Lipinski definition) is 6. The Hall–Kier alpha value is -1.68. The van der Waals surface area contributed by atoms with Crippen LogP contribution >= 0.6 is 0 Å². The van der Waals surface area contributed by atoms with Gasteiger partial charge in [-0.15, -0.1) is 0 Å². The van der Waals surface area contributed by atoms with Gasteiger partial charge in [-0.1, -0.05) is 0 Å². The number of nitrogens with two attached hydrogens (primary N) is 2. The number of carboxylic acid groups (broad SMARTS) is 4. The SMILES string of the molecule is NC(CC(=O)O)(CC(=O)O)C(N)(CC(=O)O)CC(=O)O.[Fe+3]. The number of aliphatic carboxylic acids is 4. The predicted octanol–water partition coefficient (Wildman–Crippen LogP) is -1.72. The zero-order valence-electron chi connectivity index (χ0n) is 10.8. The van der Waals surface area contributed by atoms with Crippen molar-refractivity contribution in [2.75, 3.05) is 0 Å². The summed E-state index contributed by atoms with van der Waals surface area (Å²) in [7, 11) is 0. The van der Waals surface area contributed by atoms with Gasteiger partial charge in [0.05, 0.1) is 36.8 Å². The molecule has 0 aliphatic rings. The molecule has 0 rings (SSSR count). The van der Waals surface area contributed by atoms with Gasteiger partial charge in [-0.3, -0.25) is 19.2 Å². The van der Waals surface area contributed by atoms with E-state index in [1.54, 1.807) is 0 Å². The topological polar surface area (TPSA) is 201 Å². The van der Waals surface area contributed by atoms with Crippen LogP contribution in [0.25, 0.3) is 0 Å². The molecule has 0 spiro atoms. The first-order valence-corrected chi connectivity index (χ1v) is 5.37. The standard InChI is InChI=1S/C10H16N2O8.Fe/c11-9(1-5(13)14,2-6(15)16)10(12,3-7(17)18)4-8(19)20;/h1-4,11-12H2,(H,13,14)(H,15,16)(H,17,18)(H,19,20);/q;+3. The molecule has 0 saturated carbocycles. The summed E-state index contributed by atoms with van der Waals surface area (Å²) in [6, 6.07) is 0. The summed E-state index contributed by atoms with van der Waals surface area (Å²) in [6.45, 7) is 0. The van der Waals surface area contributed by atoms with Gasteiger partial charge in [-0.25, -0.2) is 0 Å². The molecule has 0 aliphatic heterocycles. The number of hydrogen-bond donors (Lipinski definition) is 6. The molecule has 0 aromatic carbocycles. The van der Waals surface area contributed by atoms with E-state index >= 15 is 0 Å². The smallest absolute Gasteiger partial charge is 0.481 e. The van der Waals surface area contributed by atoms with Crippen molar-refractivity contribution < 1.29 is 56.7 Å². The Morgan fingerprint density at radius 1 is 0.619 bits per heavy atom. The van der Waals surface area contributed by atoms with Crippen molar-refractivity contribution in [3.63, 3.8) is 0 Å². The minimum atomic E-state index is -2.22. The summed E-state index contributed by atoms with van der Waals surface area (Å²) in [5.74, 6) is -6.06. The molecule has 8 N–H and O–H groups in total. The largest absolute Gasteiger partial charge is 3.00 e. The molecule has 119 valence electrons. The molecule has 1 radical (unpaired) electrons. The fourth-order valence-corrected chi connectivity index (χ4v) is 1.91. The average Bonchev–Trinajstić information content (AvgIpc) is 2.10. The molecule has 0 bridgehead atoms. The molecule has 0 amide bonds. The van der Waals surface area contributed by atoms with Crippen molar-refractivity contribution in [3.05, 3.63) is 0 Å². The maximum Gasteiger partial charge on any atom is 3.00 e. The fourth-order valence-electron chi connectivity index (χ4n) is 1.91. The van der Waals surface area contributed by atoms with E-state index in [1.807, 2.05) is 0 Å². The van der Waals surface area contributed by atoms with Crippen LogP contribution in [0.15, 0.2) is 0 Å². The first kappa shape index (κ1) is 21.6. The Morgan fingerprint density at radius 3 is 0.857 bits per heavy atom. The van der Waals surface area contributed by atoms with Crippen LogP contribution in [0.4, 0.5) is 0 Å². The van der Waals surface area contributed by atoms with Gasteiger partial charge in [0.15, 0.2) is 0 Å². The summed E-state index contributed by atoms with van der Waals surface area (Å²) in [6.07, 6.45) is -3.90. The van der Waals surface area contributed by atoms with Gasteiger partial charge in [-0.2, -0.15) is 0 Å².